The number of aromatic nitrogens is 3. The van der Waals surface area contributed by atoms with Gasteiger partial charge in [-0.3, -0.25) is 9.35 Å². The molecule has 0 saturated carbocycles. The Balaban J connectivity index is 0.00000162. The van der Waals surface area contributed by atoms with E-state index in [4.69, 9.17) is 9.66 Å². The summed E-state index contributed by atoms with van der Waals surface area (Å²) in [5.41, 5.74) is 0.111. The van der Waals surface area contributed by atoms with Crippen molar-refractivity contribution in [2.24, 2.45) is 0 Å². The second-order valence-electron chi connectivity index (χ2n) is 3.29. The summed E-state index contributed by atoms with van der Waals surface area (Å²) >= 11 is 0. The maximum absolute atomic E-state index is 11.2. The zero-order valence-electron chi connectivity index (χ0n) is 8.59. The van der Waals surface area contributed by atoms with Crippen molar-refractivity contribution in [3.8, 4) is 0 Å². The molecule has 0 aliphatic rings. The van der Waals surface area contributed by atoms with Crippen LogP contribution in [0.1, 0.15) is 5.56 Å². The summed E-state index contributed by atoms with van der Waals surface area (Å²) in [6.45, 7) is 0. The van der Waals surface area contributed by atoms with E-state index in [0.717, 1.165) is 0 Å². The molecule has 10 heteroatoms. The summed E-state index contributed by atoms with van der Waals surface area (Å²) in [7, 11) is -4.56. The molecule has 0 aliphatic carbocycles. The van der Waals surface area contributed by atoms with Gasteiger partial charge in [-0.2, -0.15) is 23.8 Å². The molecular formula is C8H7AgN3O5S. The standard InChI is InChI=1S/C8H7N3O5S.Ag/c12-6(13)3-4-1-2-5-7(10-11-9-5)8(4)17(14,15)16;/h1-2H,3H2,(H,12,13)(H,9,10,11)(H,14,15,16);. The fourth-order valence-electron chi connectivity index (χ4n) is 1.52. The Hall–Kier alpha value is -1.26. The first-order chi connectivity index (χ1) is 7.89. The van der Waals surface area contributed by atoms with E-state index in [2.05, 4.69) is 15.4 Å². The van der Waals surface area contributed by atoms with Crippen LogP contribution in [0.2, 0.25) is 0 Å². The molecule has 0 fully saturated rings. The summed E-state index contributed by atoms with van der Waals surface area (Å²) < 4.78 is 31.6. The van der Waals surface area contributed by atoms with Gasteiger partial charge in [0, 0.05) is 22.4 Å². The molecule has 0 amide bonds. The van der Waals surface area contributed by atoms with Crippen molar-refractivity contribution in [3.05, 3.63) is 17.7 Å². The summed E-state index contributed by atoms with van der Waals surface area (Å²) in [6.07, 6.45) is -0.530. The molecule has 8 nitrogen and oxygen atoms in total. The SMILES string of the molecule is O=C(O)Cc1ccc2n[nH]nc2c1S(=O)(=O)O.[Ag]. The van der Waals surface area contributed by atoms with Gasteiger partial charge in [-0.05, 0) is 11.6 Å². The molecule has 0 unspecified atom stereocenters. The van der Waals surface area contributed by atoms with Crippen LogP contribution in [0.25, 0.3) is 11.0 Å². The summed E-state index contributed by atoms with van der Waals surface area (Å²) in [5.74, 6) is -1.21. The van der Waals surface area contributed by atoms with Crippen LogP contribution in [-0.4, -0.2) is 39.5 Å². The van der Waals surface area contributed by atoms with E-state index in [-0.39, 0.29) is 39.0 Å². The molecule has 2 rings (SSSR count). The third-order valence-corrected chi connectivity index (χ3v) is 3.10. The third-order valence-electron chi connectivity index (χ3n) is 2.12. The smallest absolute Gasteiger partial charge is 0.307 e. The Labute approximate surface area is 117 Å². The van der Waals surface area contributed by atoms with Gasteiger partial charge in [-0.1, -0.05) is 6.07 Å². The molecule has 0 spiro atoms. The topological polar surface area (TPSA) is 133 Å². The fraction of sp³-hybridized carbons (Fsp3) is 0.125. The molecular weight excluding hydrogens is 358 g/mol. The van der Waals surface area contributed by atoms with Gasteiger partial charge >= 0.3 is 5.97 Å². The number of hydrogen-bond acceptors (Lipinski definition) is 5. The quantitative estimate of drug-likeness (QED) is 0.508. The van der Waals surface area contributed by atoms with Crippen molar-refractivity contribution in [3.63, 3.8) is 0 Å². The van der Waals surface area contributed by atoms with Crippen molar-refractivity contribution < 1.29 is 45.3 Å². The first-order valence-corrected chi connectivity index (χ1v) is 5.85. The molecule has 0 bridgehead atoms. The van der Waals surface area contributed by atoms with Crippen LogP contribution >= 0.6 is 0 Å². The number of carboxylic acid groups (broad SMARTS) is 1. The van der Waals surface area contributed by atoms with Crippen LogP contribution in [0, 0.1) is 0 Å². The summed E-state index contributed by atoms with van der Waals surface area (Å²) in [4.78, 5) is 10.1. The number of carbonyl (C=O) groups is 1. The van der Waals surface area contributed by atoms with Crippen molar-refractivity contribution in [2.45, 2.75) is 11.3 Å². The molecule has 1 radical (unpaired) electrons. The number of rotatable bonds is 3. The fourth-order valence-corrected chi connectivity index (χ4v) is 2.39. The maximum atomic E-state index is 11.2. The molecule has 1 heterocycles. The largest absolute Gasteiger partial charge is 0.481 e. The number of H-pyrrole nitrogens is 1. The average molecular weight is 365 g/mol. The number of carboxylic acids is 1. The second kappa shape index (κ2) is 5.16. The number of nitrogens with one attached hydrogen (secondary N) is 1. The second-order valence-corrected chi connectivity index (χ2v) is 4.65. The van der Waals surface area contributed by atoms with E-state index in [9.17, 15) is 13.2 Å². The van der Waals surface area contributed by atoms with Crippen LogP contribution < -0.4 is 0 Å². The van der Waals surface area contributed by atoms with Crippen LogP contribution in [0.5, 0.6) is 0 Å². The van der Waals surface area contributed by atoms with E-state index >= 15 is 0 Å². The van der Waals surface area contributed by atoms with Gasteiger partial charge in [-0.15, -0.1) is 0 Å². The average Bonchev–Trinajstić information content (AvgIpc) is 2.61. The number of benzene rings is 1. The molecule has 0 saturated heterocycles. The number of aromatic amines is 1. The summed E-state index contributed by atoms with van der Waals surface area (Å²) in [5, 5.41) is 18.1. The summed E-state index contributed by atoms with van der Waals surface area (Å²) in [6, 6.07) is 2.70. The van der Waals surface area contributed by atoms with Gasteiger partial charge in [-0.25, -0.2) is 0 Å². The van der Waals surface area contributed by atoms with Crippen LogP contribution in [0.15, 0.2) is 17.0 Å². The van der Waals surface area contributed by atoms with Gasteiger partial charge in [0.25, 0.3) is 10.1 Å². The molecule has 1 aromatic heterocycles. The monoisotopic (exact) mass is 364 g/mol. The Morgan fingerprint density at radius 3 is 2.56 bits per heavy atom. The van der Waals surface area contributed by atoms with E-state index in [1.165, 1.54) is 12.1 Å². The molecule has 0 atom stereocenters. The minimum atomic E-state index is -4.56. The van der Waals surface area contributed by atoms with E-state index in [1.54, 1.807) is 0 Å². The molecule has 101 valence electrons. The van der Waals surface area contributed by atoms with E-state index in [0.29, 0.717) is 0 Å². The Kier molecular flexibility index (Phi) is 4.24. The van der Waals surface area contributed by atoms with E-state index in [1.807, 2.05) is 0 Å². The molecule has 0 aliphatic heterocycles. The predicted molar refractivity (Wildman–Crippen MR) is 55.0 cm³/mol. The predicted octanol–water partition coefficient (Wildman–Crippen LogP) is -0.171. The zero-order valence-corrected chi connectivity index (χ0v) is 10.9. The van der Waals surface area contributed by atoms with Crippen LogP contribution in [0.3, 0.4) is 0 Å². The maximum Gasteiger partial charge on any atom is 0.307 e. The third kappa shape index (κ3) is 2.76. The van der Waals surface area contributed by atoms with Crippen molar-refractivity contribution in [1.29, 1.82) is 0 Å². The van der Waals surface area contributed by atoms with Gasteiger partial charge < -0.3 is 5.11 Å². The minimum Gasteiger partial charge on any atom is -0.481 e. The van der Waals surface area contributed by atoms with Crippen molar-refractivity contribution >= 4 is 27.1 Å². The number of hydrogen-bond donors (Lipinski definition) is 3. The normalized spacial score (nSPS) is 11.2. The van der Waals surface area contributed by atoms with Crippen molar-refractivity contribution in [1.82, 2.24) is 15.4 Å². The molecule has 18 heavy (non-hydrogen) atoms. The molecule has 1 aromatic carbocycles. The Bertz CT molecular complexity index is 696. The number of fused-ring (bicyclic) bond motifs is 1. The van der Waals surface area contributed by atoms with E-state index < -0.39 is 27.4 Å². The first kappa shape index (κ1) is 14.8. The van der Waals surface area contributed by atoms with Crippen molar-refractivity contribution in [2.75, 3.05) is 0 Å². The minimum absolute atomic E-state index is 0. The van der Waals surface area contributed by atoms with Crippen LogP contribution in [-0.2, 0) is 43.7 Å². The zero-order chi connectivity index (χ0) is 12.6. The van der Waals surface area contributed by atoms with Gasteiger partial charge in [0.05, 0.1) is 6.42 Å². The van der Waals surface area contributed by atoms with Gasteiger partial charge in [0.1, 0.15) is 15.9 Å². The molecule has 3 N–H and O–H groups in total. The number of nitrogens with zero attached hydrogens (tertiary/aromatic N) is 2. The van der Waals surface area contributed by atoms with Crippen LogP contribution in [0.4, 0.5) is 0 Å². The number of aliphatic carboxylic acids is 1. The molecule has 2 aromatic rings. The Morgan fingerprint density at radius 1 is 1.33 bits per heavy atom. The van der Waals surface area contributed by atoms with Gasteiger partial charge in [0.2, 0.25) is 0 Å². The first-order valence-electron chi connectivity index (χ1n) is 4.41. The van der Waals surface area contributed by atoms with Gasteiger partial charge in [0.15, 0.2) is 0 Å². The Morgan fingerprint density at radius 2 is 2.00 bits per heavy atom.